The number of benzene rings is 1. The van der Waals surface area contributed by atoms with Crippen LogP contribution in [0.15, 0.2) is 18.2 Å². The lowest BCUT2D eigenvalue weighted by atomic mass is 9.99. The van der Waals surface area contributed by atoms with E-state index < -0.39 is 0 Å². The van der Waals surface area contributed by atoms with Crippen molar-refractivity contribution in [3.8, 4) is 5.75 Å². The number of hydrogen-bond donors (Lipinski definition) is 1. The Bertz CT molecular complexity index is 340. The zero-order chi connectivity index (χ0) is 10.7. The van der Waals surface area contributed by atoms with Gasteiger partial charge in [0.25, 0.3) is 0 Å². The molecule has 0 amide bonds. The van der Waals surface area contributed by atoms with Gasteiger partial charge < -0.3 is 5.11 Å². The van der Waals surface area contributed by atoms with Crippen LogP contribution in [0.1, 0.15) is 36.7 Å². The quantitative estimate of drug-likeness (QED) is 0.748. The molecule has 14 heavy (non-hydrogen) atoms. The second-order valence-electron chi connectivity index (χ2n) is 4.04. The molecule has 2 nitrogen and oxygen atoms in total. The van der Waals surface area contributed by atoms with E-state index in [1.165, 1.54) is 13.0 Å². The first kappa shape index (κ1) is 10.8. The van der Waals surface area contributed by atoms with E-state index in [0.717, 1.165) is 12.0 Å². The van der Waals surface area contributed by atoms with E-state index in [2.05, 4.69) is 13.8 Å². The molecular weight excluding hydrogens is 176 g/mol. The van der Waals surface area contributed by atoms with Crippen molar-refractivity contribution in [1.29, 1.82) is 0 Å². The maximum absolute atomic E-state index is 11.1. The average molecular weight is 192 g/mol. The number of phenolic OH excluding ortho intramolecular Hbond substituents is 1. The molecule has 0 fully saturated rings. The summed E-state index contributed by atoms with van der Waals surface area (Å²) >= 11 is 0. The molecule has 0 unspecified atom stereocenters. The van der Waals surface area contributed by atoms with Crippen molar-refractivity contribution in [3.63, 3.8) is 0 Å². The van der Waals surface area contributed by atoms with Crippen molar-refractivity contribution < 1.29 is 9.90 Å². The van der Waals surface area contributed by atoms with E-state index in [1.807, 2.05) is 6.07 Å². The molecule has 0 aliphatic carbocycles. The molecular formula is C12H16O2. The molecule has 0 heterocycles. The Morgan fingerprint density at radius 3 is 2.50 bits per heavy atom. The van der Waals surface area contributed by atoms with Gasteiger partial charge in [-0.3, -0.25) is 4.79 Å². The first-order chi connectivity index (χ1) is 6.49. The van der Waals surface area contributed by atoms with Crippen LogP contribution in [0.25, 0.3) is 0 Å². The summed E-state index contributed by atoms with van der Waals surface area (Å²) in [4.78, 5) is 11.1. The van der Waals surface area contributed by atoms with E-state index in [1.54, 1.807) is 6.07 Å². The molecule has 0 saturated heterocycles. The predicted molar refractivity (Wildman–Crippen MR) is 56.7 cm³/mol. The average Bonchev–Trinajstić information content (AvgIpc) is 2.01. The van der Waals surface area contributed by atoms with Crippen LogP contribution in [0.2, 0.25) is 0 Å². The fourth-order valence-electron chi connectivity index (χ4n) is 1.47. The van der Waals surface area contributed by atoms with Crippen LogP contribution in [0.3, 0.4) is 0 Å². The third-order valence-electron chi connectivity index (χ3n) is 2.03. The van der Waals surface area contributed by atoms with Gasteiger partial charge in [-0.15, -0.1) is 0 Å². The fourth-order valence-corrected chi connectivity index (χ4v) is 1.47. The molecule has 2 heteroatoms. The molecule has 0 aliphatic rings. The molecule has 76 valence electrons. The lowest BCUT2D eigenvalue weighted by Crippen LogP contribution is -1.98. The van der Waals surface area contributed by atoms with Gasteiger partial charge in [-0.05, 0) is 43.0 Å². The predicted octanol–water partition coefficient (Wildman–Crippen LogP) is 2.79. The smallest absolute Gasteiger partial charge is 0.159 e. The number of carbonyl (C=O) groups is 1. The van der Waals surface area contributed by atoms with E-state index in [9.17, 15) is 9.90 Å². The highest BCUT2D eigenvalue weighted by atomic mass is 16.3. The van der Waals surface area contributed by atoms with Gasteiger partial charge in [-0.25, -0.2) is 0 Å². The van der Waals surface area contributed by atoms with Gasteiger partial charge in [0.1, 0.15) is 5.75 Å². The van der Waals surface area contributed by atoms with Crippen molar-refractivity contribution in [2.24, 2.45) is 5.92 Å². The number of ketones is 1. The number of phenols is 1. The number of carbonyl (C=O) groups excluding carboxylic acids is 1. The molecule has 0 bridgehead atoms. The Morgan fingerprint density at radius 1 is 1.36 bits per heavy atom. The van der Waals surface area contributed by atoms with Crippen LogP contribution >= 0.6 is 0 Å². The maximum Gasteiger partial charge on any atom is 0.159 e. The van der Waals surface area contributed by atoms with Crippen molar-refractivity contribution >= 4 is 5.78 Å². The number of Topliss-reactive ketones (excluding diaryl/α,β-unsaturated/α-hetero) is 1. The SMILES string of the molecule is CC(=O)c1cc(O)cc(CC(C)C)c1. The molecule has 0 aliphatic heterocycles. The normalized spacial score (nSPS) is 10.6. The standard InChI is InChI=1S/C12H16O2/c1-8(2)4-10-5-11(9(3)13)7-12(14)6-10/h5-8,14H,4H2,1-3H3. The van der Waals surface area contributed by atoms with Crippen molar-refractivity contribution in [2.45, 2.75) is 27.2 Å². The molecule has 0 spiro atoms. The summed E-state index contributed by atoms with van der Waals surface area (Å²) in [5.74, 6) is 0.691. The minimum Gasteiger partial charge on any atom is -0.508 e. The van der Waals surface area contributed by atoms with Gasteiger partial charge in [0.05, 0.1) is 0 Å². The molecule has 0 saturated carbocycles. The third-order valence-corrected chi connectivity index (χ3v) is 2.03. The summed E-state index contributed by atoms with van der Waals surface area (Å²) in [5, 5.41) is 9.40. The first-order valence-corrected chi connectivity index (χ1v) is 4.83. The van der Waals surface area contributed by atoms with Crippen LogP contribution in [-0.2, 0) is 6.42 Å². The minimum atomic E-state index is -0.00842. The zero-order valence-electron chi connectivity index (χ0n) is 8.87. The van der Waals surface area contributed by atoms with Gasteiger partial charge >= 0.3 is 0 Å². The maximum atomic E-state index is 11.1. The minimum absolute atomic E-state index is 0.00842. The van der Waals surface area contributed by atoms with Gasteiger partial charge in [-0.2, -0.15) is 0 Å². The highest BCUT2D eigenvalue weighted by Crippen LogP contribution is 2.18. The van der Waals surface area contributed by atoms with E-state index in [4.69, 9.17) is 0 Å². The lowest BCUT2D eigenvalue weighted by Gasteiger charge is -2.07. The van der Waals surface area contributed by atoms with Crippen LogP contribution < -0.4 is 0 Å². The van der Waals surface area contributed by atoms with Gasteiger partial charge in [-0.1, -0.05) is 13.8 Å². The molecule has 1 N–H and O–H groups in total. The van der Waals surface area contributed by atoms with Crippen molar-refractivity contribution in [2.75, 3.05) is 0 Å². The van der Waals surface area contributed by atoms with Crippen molar-refractivity contribution in [3.05, 3.63) is 29.3 Å². The monoisotopic (exact) mass is 192 g/mol. The largest absolute Gasteiger partial charge is 0.508 e. The van der Waals surface area contributed by atoms with Gasteiger partial charge in [0.15, 0.2) is 5.78 Å². The Hall–Kier alpha value is -1.31. The van der Waals surface area contributed by atoms with Crippen LogP contribution in [0.4, 0.5) is 0 Å². The third kappa shape index (κ3) is 2.87. The number of aromatic hydroxyl groups is 1. The Kier molecular flexibility index (Phi) is 3.28. The van der Waals surface area contributed by atoms with Crippen LogP contribution in [0.5, 0.6) is 5.75 Å². The van der Waals surface area contributed by atoms with E-state index >= 15 is 0 Å². The fraction of sp³-hybridized carbons (Fsp3) is 0.417. The highest BCUT2D eigenvalue weighted by molar-refractivity contribution is 5.94. The summed E-state index contributed by atoms with van der Waals surface area (Å²) in [5.41, 5.74) is 1.60. The molecule has 0 aromatic heterocycles. The highest BCUT2D eigenvalue weighted by Gasteiger charge is 2.05. The Labute approximate surface area is 84.6 Å². The van der Waals surface area contributed by atoms with E-state index in [0.29, 0.717) is 11.5 Å². The molecule has 0 radical (unpaired) electrons. The first-order valence-electron chi connectivity index (χ1n) is 4.83. The van der Waals surface area contributed by atoms with Crippen LogP contribution in [0, 0.1) is 5.92 Å². The van der Waals surface area contributed by atoms with Crippen molar-refractivity contribution in [1.82, 2.24) is 0 Å². The zero-order valence-corrected chi connectivity index (χ0v) is 8.87. The van der Waals surface area contributed by atoms with E-state index in [-0.39, 0.29) is 11.5 Å². The molecule has 1 aromatic carbocycles. The summed E-state index contributed by atoms with van der Waals surface area (Å²) in [6.45, 7) is 5.73. The topological polar surface area (TPSA) is 37.3 Å². The van der Waals surface area contributed by atoms with Gasteiger partial charge in [0.2, 0.25) is 0 Å². The molecule has 0 atom stereocenters. The number of hydrogen-bond acceptors (Lipinski definition) is 2. The summed E-state index contributed by atoms with van der Waals surface area (Å²) < 4.78 is 0. The molecule has 1 rings (SSSR count). The molecule has 1 aromatic rings. The summed E-state index contributed by atoms with van der Waals surface area (Å²) in [7, 11) is 0. The Balaban J connectivity index is 3.01. The second-order valence-corrected chi connectivity index (χ2v) is 4.04. The van der Waals surface area contributed by atoms with Gasteiger partial charge in [0, 0.05) is 5.56 Å². The summed E-state index contributed by atoms with van der Waals surface area (Å²) in [6.07, 6.45) is 0.884. The second kappa shape index (κ2) is 4.27. The summed E-state index contributed by atoms with van der Waals surface area (Å²) in [6, 6.07) is 5.07. The van der Waals surface area contributed by atoms with Crippen LogP contribution in [-0.4, -0.2) is 10.9 Å². The number of rotatable bonds is 3. The lowest BCUT2D eigenvalue weighted by molar-refractivity contribution is 0.101. The Morgan fingerprint density at radius 2 is 2.00 bits per heavy atom.